The molecule has 4 rings (SSSR count). The number of carbonyl (C=O) groups excluding carboxylic acids is 1. The normalized spacial score (nSPS) is 15.6. The van der Waals surface area contributed by atoms with Crippen LogP contribution in [-0.4, -0.2) is 21.6 Å². The number of hydrogen-bond acceptors (Lipinski definition) is 2. The summed E-state index contributed by atoms with van der Waals surface area (Å²) in [4.78, 5) is 25.0. The Morgan fingerprint density at radius 3 is 2.35 bits per heavy atom. The minimum absolute atomic E-state index is 0.0423. The average Bonchev–Trinajstić information content (AvgIpc) is 2.87. The summed E-state index contributed by atoms with van der Waals surface area (Å²) in [7, 11) is 1.73. The zero-order valence-corrected chi connectivity index (χ0v) is 14.9. The molecule has 0 saturated heterocycles. The summed E-state index contributed by atoms with van der Waals surface area (Å²) in [5.41, 5.74) is 2.79. The van der Waals surface area contributed by atoms with Gasteiger partial charge in [-0.15, -0.1) is 0 Å². The lowest BCUT2D eigenvalue weighted by Crippen LogP contribution is -2.46. The van der Waals surface area contributed by atoms with Crippen molar-refractivity contribution < 1.29 is 4.79 Å². The number of carbonyl (C=O) groups is 1. The first kappa shape index (κ1) is 16.6. The highest BCUT2D eigenvalue weighted by Gasteiger charge is 2.38. The maximum Gasteiger partial charge on any atom is 0.329 e. The van der Waals surface area contributed by atoms with Crippen LogP contribution >= 0.6 is 0 Å². The Morgan fingerprint density at radius 1 is 1.04 bits per heavy atom. The molecule has 134 valence electrons. The van der Waals surface area contributed by atoms with E-state index in [9.17, 15) is 9.59 Å². The highest BCUT2D eigenvalue weighted by molar-refractivity contribution is 5.81. The van der Waals surface area contributed by atoms with E-state index in [1.807, 2.05) is 42.5 Å². The quantitative estimate of drug-likeness (QED) is 0.770. The standard InChI is InChI=1S/C21H23N3O2/c1-23-17-10-5-6-11-18(17)24(20(23)26)14-19(25)22-15-21(12-7-13-21)16-8-3-2-4-9-16/h2-6,8-11H,7,12-15H2,1H3,(H,22,25). The molecule has 1 aromatic heterocycles. The van der Waals surface area contributed by atoms with Crippen LogP contribution in [0.2, 0.25) is 0 Å². The summed E-state index contributed by atoms with van der Waals surface area (Å²) >= 11 is 0. The summed E-state index contributed by atoms with van der Waals surface area (Å²) in [6.45, 7) is 0.667. The molecular weight excluding hydrogens is 326 g/mol. The third-order valence-electron chi connectivity index (χ3n) is 5.67. The van der Waals surface area contributed by atoms with Gasteiger partial charge in [0, 0.05) is 19.0 Å². The van der Waals surface area contributed by atoms with Crippen molar-refractivity contribution in [2.45, 2.75) is 31.2 Å². The van der Waals surface area contributed by atoms with E-state index in [0.29, 0.717) is 6.54 Å². The molecule has 3 aromatic rings. The Bertz CT molecular complexity index is 997. The molecule has 0 spiro atoms. The monoisotopic (exact) mass is 349 g/mol. The SMILES string of the molecule is Cn1c(=O)n(CC(=O)NCC2(c3ccccc3)CCC2)c2ccccc21. The third-order valence-corrected chi connectivity index (χ3v) is 5.67. The Balaban J connectivity index is 1.50. The Labute approximate surface area is 152 Å². The van der Waals surface area contributed by atoms with Gasteiger partial charge in [0.25, 0.3) is 0 Å². The first-order chi connectivity index (χ1) is 12.6. The molecule has 1 saturated carbocycles. The number of aryl methyl sites for hydroxylation is 1. The van der Waals surface area contributed by atoms with Crippen LogP contribution in [0, 0.1) is 0 Å². The number of aromatic nitrogens is 2. The summed E-state index contributed by atoms with van der Waals surface area (Å²) in [6.07, 6.45) is 3.37. The Hall–Kier alpha value is -2.82. The predicted octanol–water partition coefficient (Wildman–Crippen LogP) is 2.58. The minimum Gasteiger partial charge on any atom is -0.354 e. The van der Waals surface area contributed by atoms with Crippen molar-refractivity contribution in [2.24, 2.45) is 7.05 Å². The number of benzene rings is 2. The minimum atomic E-state index is -0.164. The molecule has 0 radical (unpaired) electrons. The van der Waals surface area contributed by atoms with Crippen LogP contribution in [0.4, 0.5) is 0 Å². The van der Waals surface area contributed by atoms with Gasteiger partial charge in [-0.2, -0.15) is 0 Å². The predicted molar refractivity (Wildman–Crippen MR) is 102 cm³/mol. The van der Waals surface area contributed by atoms with Crippen LogP contribution in [-0.2, 0) is 23.8 Å². The van der Waals surface area contributed by atoms with Gasteiger partial charge in [-0.3, -0.25) is 13.9 Å². The number of para-hydroxylation sites is 2. The molecular formula is C21H23N3O2. The number of rotatable bonds is 5. The second-order valence-electron chi connectivity index (χ2n) is 7.19. The van der Waals surface area contributed by atoms with Crippen molar-refractivity contribution in [3.8, 4) is 0 Å². The van der Waals surface area contributed by atoms with Crippen LogP contribution in [0.1, 0.15) is 24.8 Å². The highest BCUT2D eigenvalue weighted by Crippen LogP contribution is 2.43. The first-order valence-corrected chi connectivity index (χ1v) is 9.07. The lowest BCUT2D eigenvalue weighted by molar-refractivity contribution is -0.122. The number of nitrogens with zero attached hydrogens (tertiary/aromatic N) is 2. The number of fused-ring (bicyclic) bond motifs is 1. The average molecular weight is 349 g/mol. The zero-order chi connectivity index (χ0) is 18.1. The molecule has 1 amide bonds. The second kappa shape index (κ2) is 6.48. The molecule has 1 fully saturated rings. The van der Waals surface area contributed by atoms with Gasteiger partial charge >= 0.3 is 5.69 Å². The van der Waals surface area contributed by atoms with Gasteiger partial charge < -0.3 is 5.32 Å². The van der Waals surface area contributed by atoms with Crippen molar-refractivity contribution >= 4 is 16.9 Å². The molecule has 1 heterocycles. The molecule has 0 unspecified atom stereocenters. The van der Waals surface area contributed by atoms with Crippen molar-refractivity contribution in [2.75, 3.05) is 6.54 Å². The van der Waals surface area contributed by atoms with E-state index in [1.165, 1.54) is 12.0 Å². The van der Waals surface area contributed by atoms with Crippen LogP contribution in [0.25, 0.3) is 11.0 Å². The van der Waals surface area contributed by atoms with Crippen molar-refractivity contribution in [3.05, 3.63) is 70.6 Å². The molecule has 5 nitrogen and oxygen atoms in total. The van der Waals surface area contributed by atoms with Gasteiger partial charge in [-0.05, 0) is 30.5 Å². The Kier molecular flexibility index (Phi) is 4.15. The van der Waals surface area contributed by atoms with E-state index in [4.69, 9.17) is 0 Å². The van der Waals surface area contributed by atoms with Crippen LogP contribution in [0.15, 0.2) is 59.4 Å². The molecule has 26 heavy (non-hydrogen) atoms. The molecule has 0 aliphatic heterocycles. The van der Waals surface area contributed by atoms with E-state index in [0.717, 1.165) is 23.9 Å². The van der Waals surface area contributed by atoms with Crippen LogP contribution in [0.3, 0.4) is 0 Å². The van der Waals surface area contributed by atoms with Crippen LogP contribution in [0.5, 0.6) is 0 Å². The second-order valence-corrected chi connectivity index (χ2v) is 7.19. The van der Waals surface area contributed by atoms with E-state index >= 15 is 0 Å². The van der Waals surface area contributed by atoms with E-state index in [1.54, 1.807) is 16.2 Å². The fourth-order valence-electron chi connectivity index (χ4n) is 3.95. The van der Waals surface area contributed by atoms with Gasteiger partial charge in [-0.1, -0.05) is 48.9 Å². The van der Waals surface area contributed by atoms with Gasteiger partial charge in [0.1, 0.15) is 6.54 Å². The maximum atomic E-state index is 12.6. The number of imidazole rings is 1. The number of amides is 1. The molecule has 2 aromatic carbocycles. The molecule has 1 N–H and O–H groups in total. The molecule has 0 bridgehead atoms. The highest BCUT2D eigenvalue weighted by atomic mass is 16.2. The third kappa shape index (κ3) is 2.73. The van der Waals surface area contributed by atoms with Gasteiger partial charge in [0.15, 0.2) is 0 Å². The molecule has 1 aliphatic rings. The fraction of sp³-hybridized carbons (Fsp3) is 0.333. The zero-order valence-electron chi connectivity index (χ0n) is 14.9. The first-order valence-electron chi connectivity index (χ1n) is 9.07. The van der Waals surface area contributed by atoms with Gasteiger partial charge in [0.05, 0.1) is 11.0 Å². The van der Waals surface area contributed by atoms with Crippen molar-refractivity contribution in [3.63, 3.8) is 0 Å². The fourth-order valence-corrected chi connectivity index (χ4v) is 3.95. The van der Waals surface area contributed by atoms with Gasteiger partial charge in [0.2, 0.25) is 5.91 Å². The van der Waals surface area contributed by atoms with E-state index in [-0.39, 0.29) is 23.6 Å². The smallest absolute Gasteiger partial charge is 0.329 e. The molecule has 0 atom stereocenters. The van der Waals surface area contributed by atoms with E-state index in [2.05, 4.69) is 17.4 Å². The number of hydrogen-bond donors (Lipinski definition) is 1. The summed E-state index contributed by atoms with van der Waals surface area (Å²) < 4.78 is 3.13. The topological polar surface area (TPSA) is 56.0 Å². The molecule has 5 heteroatoms. The maximum absolute atomic E-state index is 12.6. The largest absolute Gasteiger partial charge is 0.354 e. The molecule has 1 aliphatic carbocycles. The van der Waals surface area contributed by atoms with Crippen molar-refractivity contribution in [1.29, 1.82) is 0 Å². The van der Waals surface area contributed by atoms with Crippen LogP contribution < -0.4 is 11.0 Å². The summed E-state index contributed by atoms with van der Waals surface area (Å²) in [5, 5.41) is 3.07. The number of nitrogens with one attached hydrogen (secondary N) is 1. The van der Waals surface area contributed by atoms with Crippen molar-refractivity contribution in [1.82, 2.24) is 14.5 Å². The Morgan fingerprint density at radius 2 is 1.69 bits per heavy atom. The lowest BCUT2D eigenvalue weighted by atomic mass is 9.64. The summed E-state index contributed by atoms with van der Waals surface area (Å²) in [5.74, 6) is -0.120. The lowest BCUT2D eigenvalue weighted by Gasteiger charge is -2.42. The summed E-state index contributed by atoms with van der Waals surface area (Å²) in [6, 6.07) is 17.9. The van der Waals surface area contributed by atoms with E-state index < -0.39 is 0 Å². The van der Waals surface area contributed by atoms with Gasteiger partial charge in [-0.25, -0.2) is 4.79 Å².